The van der Waals surface area contributed by atoms with E-state index in [9.17, 15) is 9.59 Å². The van der Waals surface area contributed by atoms with Crippen molar-refractivity contribution in [3.8, 4) is 11.5 Å². The lowest BCUT2D eigenvalue weighted by Gasteiger charge is -2.20. The molecule has 5 nitrogen and oxygen atoms in total. The molecule has 1 aromatic carbocycles. The first kappa shape index (κ1) is 17.7. The van der Waals surface area contributed by atoms with Crippen LogP contribution in [0.2, 0.25) is 0 Å². The van der Waals surface area contributed by atoms with E-state index in [0.717, 1.165) is 5.56 Å². The molecule has 0 unspecified atom stereocenters. The van der Waals surface area contributed by atoms with Crippen molar-refractivity contribution in [2.45, 2.75) is 30.8 Å². The van der Waals surface area contributed by atoms with Crippen molar-refractivity contribution in [3.05, 3.63) is 23.3 Å². The van der Waals surface area contributed by atoms with Gasteiger partial charge in [-0.2, -0.15) is 0 Å². The largest absolute Gasteiger partial charge is 0.493 e. The number of hydrogen-bond acceptors (Lipinski definition) is 6. The molecule has 0 saturated carbocycles. The van der Waals surface area contributed by atoms with Crippen molar-refractivity contribution in [2.24, 2.45) is 5.92 Å². The van der Waals surface area contributed by atoms with Crippen LogP contribution in [-0.4, -0.2) is 43.6 Å². The fourth-order valence-corrected chi connectivity index (χ4v) is 4.09. The SMILES string of the molecule is COC(=O)[C@H]1Cc2cc(OC)c(OC)cc2C(=O)[C@H](C(C)C)S1. The summed E-state index contributed by atoms with van der Waals surface area (Å²) in [4.78, 5) is 25.0. The maximum atomic E-state index is 12.9. The summed E-state index contributed by atoms with van der Waals surface area (Å²) >= 11 is 1.38. The van der Waals surface area contributed by atoms with Crippen LogP contribution in [0.3, 0.4) is 0 Å². The molecular weight excluding hydrogens is 316 g/mol. The fraction of sp³-hybridized carbons (Fsp3) is 0.529. The Balaban J connectivity index is 2.56. The third-order valence-electron chi connectivity index (χ3n) is 3.92. The van der Waals surface area contributed by atoms with E-state index >= 15 is 0 Å². The van der Waals surface area contributed by atoms with E-state index in [1.165, 1.54) is 26.0 Å². The molecule has 0 amide bonds. The van der Waals surface area contributed by atoms with Crippen LogP contribution < -0.4 is 9.47 Å². The highest BCUT2D eigenvalue weighted by Crippen LogP contribution is 2.39. The zero-order valence-electron chi connectivity index (χ0n) is 14.0. The quantitative estimate of drug-likeness (QED) is 0.787. The minimum absolute atomic E-state index is 0.0207. The summed E-state index contributed by atoms with van der Waals surface area (Å²) < 4.78 is 15.5. The van der Waals surface area contributed by atoms with Gasteiger partial charge in [0.2, 0.25) is 0 Å². The molecule has 0 aromatic heterocycles. The summed E-state index contributed by atoms with van der Waals surface area (Å²) in [5.74, 6) is 0.890. The van der Waals surface area contributed by atoms with Crippen molar-refractivity contribution in [2.75, 3.05) is 21.3 Å². The third-order valence-corrected chi connectivity index (χ3v) is 5.66. The molecule has 126 valence electrons. The summed E-state index contributed by atoms with van der Waals surface area (Å²) in [7, 11) is 4.46. The van der Waals surface area contributed by atoms with Gasteiger partial charge in [0.1, 0.15) is 5.25 Å². The van der Waals surface area contributed by atoms with Crippen molar-refractivity contribution in [3.63, 3.8) is 0 Å². The van der Waals surface area contributed by atoms with E-state index < -0.39 is 5.25 Å². The predicted octanol–water partition coefficient (Wildman–Crippen LogP) is 2.74. The van der Waals surface area contributed by atoms with E-state index in [0.29, 0.717) is 23.5 Å². The number of esters is 1. The lowest BCUT2D eigenvalue weighted by Crippen LogP contribution is -2.27. The van der Waals surface area contributed by atoms with Gasteiger partial charge in [0.25, 0.3) is 0 Å². The van der Waals surface area contributed by atoms with Gasteiger partial charge in [-0.15, -0.1) is 11.8 Å². The highest BCUT2D eigenvalue weighted by atomic mass is 32.2. The first-order valence-electron chi connectivity index (χ1n) is 7.45. The molecule has 1 aromatic rings. The Bertz CT molecular complexity index is 611. The van der Waals surface area contributed by atoms with Crippen molar-refractivity contribution < 1.29 is 23.8 Å². The summed E-state index contributed by atoms with van der Waals surface area (Å²) in [6.07, 6.45) is 0.433. The Morgan fingerprint density at radius 3 is 2.30 bits per heavy atom. The topological polar surface area (TPSA) is 61.8 Å². The number of carbonyl (C=O) groups excluding carboxylic acids is 2. The summed E-state index contributed by atoms with van der Waals surface area (Å²) in [6, 6.07) is 3.50. The second-order valence-electron chi connectivity index (χ2n) is 5.75. The van der Waals surface area contributed by atoms with Gasteiger partial charge in [0, 0.05) is 5.56 Å². The summed E-state index contributed by atoms with van der Waals surface area (Å²) in [6.45, 7) is 3.96. The monoisotopic (exact) mass is 338 g/mol. The molecule has 0 saturated heterocycles. The Kier molecular flexibility index (Phi) is 5.57. The molecule has 0 aliphatic carbocycles. The average molecular weight is 338 g/mol. The number of rotatable bonds is 4. The lowest BCUT2D eigenvalue weighted by atomic mass is 9.94. The molecule has 1 aliphatic heterocycles. The number of thioether (sulfide) groups is 1. The Hall–Kier alpha value is -1.69. The average Bonchev–Trinajstić information content (AvgIpc) is 2.69. The first-order chi connectivity index (χ1) is 10.9. The molecule has 6 heteroatoms. The minimum atomic E-state index is -0.407. The van der Waals surface area contributed by atoms with E-state index in [4.69, 9.17) is 14.2 Å². The van der Waals surface area contributed by atoms with Gasteiger partial charge in [-0.25, -0.2) is 0 Å². The van der Waals surface area contributed by atoms with Crippen LogP contribution in [-0.2, 0) is 16.0 Å². The number of fused-ring (bicyclic) bond motifs is 1. The van der Waals surface area contributed by atoms with E-state index in [-0.39, 0.29) is 22.9 Å². The molecule has 23 heavy (non-hydrogen) atoms. The van der Waals surface area contributed by atoms with Gasteiger partial charge in [-0.05, 0) is 30.0 Å². The van der Waals surface area contributed by atoms with Gasteiger partial charge in [-0.1, -0.05) is 13.8 Å². The van der Waals surface area contributed by atoms with Crippen LogP contribution in [0.4, 0.5) is 0 Å². The number of carbonyl (C=O) groups is 2. The van der Waals surface area contributed by atoms with Crippen LogP contribution in [0.5, 0.6) is 11.5 Å². The molecule has 1 aliphatic rings. The van der Waals surface area contributed by atoms with Crippen molar-refractivity contribution in [1.82, 2.24) is 0 Å². The molecule has 0 radical (unpaired) electrons. The van der Waals surface area contributed by atoms with Crippen LogP contribution >= 0.6 is 11.8 Å². The Labute approximate surface area is 140 Å². The zero-order valence-corrected chi connectivity index (χ0v) is 14.9. The normalized spacial score (nSPS) is 20.7. The van der Waals surface area contributed by atoms with Crippen LogP contribution in [0.25, 0.3) is 0 Å². The fourth-order valence-electron chi connectivity index (χ4n) is 2.69. The van der Waals surface area contributed by atoms with Gasteiger partial charge >= 0.3 is 5.97 Å². The second-order valence-corrected chi connectivity index (χ2v) is 7.09. The molecule has 2 atom stereocenters. The maximum Gasteiger partial charge on any atom is 0.319 e. The minimum Gasteiger partial charge on any atom is -0.493 e. The number of Topliss-reactive ketones (excluding diaryl/α,β-unsaturated/α-hetero) is 1. The zero-order chi connectivity index (χ0) is 17.1. The number of ether oxygens (including phenoxy) is 3. The molecule has 1 heterocycles. The number of hydrogen-bond donors (Lipinski definition) is 0. The van der Waals surface area contributed by atoms with Crippen LogP contribution in [0, 0.1) is 5.92 Å². The maximum absolute atomic E-state index is 12.9. The van der Waals surface area contributed by atoms with E-state index in [1.54, 1.807) is 19.2 Å². The smallest absolute Gasteiger partial charge is 0.319 e. The molecule has 0 fully saturated rings. The van der Waals surface area contributed by atoms with Gasteiger partial charge in [0.15, 0.2) is 17.3 Å². The number of methoxy groups -OCH3 is 3. The van der Waals surface area contributed by atoms with Crippen LogP contribution in [0.15, 0.2) is 12.1 Å². The van der Waals surface area contributed by atoms with Gasteiger partial charge < -0.3 is 14.2 Å². The van der Waals surface area contributed by atoms with E-state index in [2.05, 4.69) is 0 Å². The molecule has 0 N–H and O–H groups in total. The highest BCUT2D eigenvalue weighted by Gasteiger charge is 2.37. The van der Waals surface area contributed by atoms with Crippen molar-refractivity contribution >= 4 is 23.5 Å². The Morgan fingerprint density at radius 2 is 1.78 bits per heavy atom. The Morgan fingerprint density at radius 1 is 1.17 bits per heavy atom. The third kappa shape index (κ3) is 3.47. The number of ketones is 1. The molecule has 0 spiro atoms. The number of benzene rings is 1. The summed E-state index contributed by atoms with van der Waals surface area (Å²) in [5, 5.41) is -0.700. The predicted molar refractivity (Wildman–Crippen MR) is 89.6 cm³/mol. The van der Waals surface area contributed by atoms with Crippen LogP contribution in [0.1, 0.15) is 29.8 Å². The molecule has 0 bridgehead atoms. The van der Waals surface area contributed by atoms with Gasteiger partial charge in [0.05, 0.1) is 26.6 Å². The van der Waals surface area contributed by atoms with Gasteiger partial charge in [-0.3, -0.25) is 9.59 Å². The van der Waals surface area contributed by atoms with Crippen molar-refractivity contribution in [1.29, 1.82) is 0 Å². The molecule has 2 rings (SSSR count). The molecular formula is C17H22O5S. The van der Waals surface area contributed by atoms with E-state index in [1.807, 2.05) is 13.8 Å². The highest BCUT2D eigenvalue weighted by molar-refractivity contribution is 8.02. The first-order valence-corrected chi connectivity index (χ1v) is 8.39. The second kappa shape index (κ2) is 7.25. The standard InChI is InChI=1S/C17H22O5S/c1-9(2)16-15(18)11-8-13(21-4)12(20-3)6-10(11)7-14(23-16)17(19)22-5/h6,8-9,14,16H,7H2,1-5H3/t14-,16+/m1/s1. The lowest BCUT2D eigenvalue weighted by molar-refractivity contribution is -0.139. The summed E-state index contributed by atoms with van der Waals surface area (Å²) in [5.41, 5.74) is 1.39.